The molecule has 1 aliphatic rings. The van der Waals surface area contributed by atoms with Gasteiger partial charge in [0.2, 0.25) is 10.0 Å². The van der Waals surface area contributed by atoms with E-state index in [2.05, 4.69) is 20.8 Å². The van der Waals surface area contributed by atoms with E-state index in [1.54, 1.807) is 12.1 Å². The van der Waals surface area contributed by atoms with Crippen molar-refractivity contribution >= 4 is 37.6 Å². The largest absolute Gasteiger partial charge is 0.304 e. The first-order valence-electron chi connectivity index (χ1n) is 5.55. The van der Waals surface area contributed by atoms with E-state index in [0.29, 0.717) is 22.6 Å². The zero-order chi connectivity index (χ0) is 13.3. The summed E-state index contributed by atoms with van der Waals surface area (Å²) in [6, 6.07) is 4.80. The van der Waals surface area contributed by atoms with Crippen LogP contribution in [-0.4, -0.2) is 50.8 Å². The minimum absolute atomic E-state index is 0.236. The van der Waals surface area contributed by atoms with Gasteiger partial charge >= 0.3 is 0 Å². The predicted octanol–water partition coefficient (Wildman–Crippen LogP) is 2.04. The van der Waals surface area contributed by atoms with Crippen LogP contribution in [0.25, 0.3) is 0 Å². The van der Waals surface area contributed by atoms with Gasteiger partial charge in [-0.05, 0) is 41.2 Å². The first-order valence-corrected chi connectivity index (χ1v) is 8.16. The Bertz CT molecular complexity index is 542. The zero-order valence-corrected chi connectivity index (χ0v) is 13.1. The Labute approximate surface area is 121 Å². The maximum absolute atomic E-state index is 12.5. The van der Waals surface area contributed by atoms with Crippen molar-refractivity contribution in [2.24, 2.45) is 0 Å². The number of benzene rings is 1. The fraction of sp³-hybridized carbons (Fsp3) is 0.455. The van der Waals surface area contributed by atoms with Crippen LogP contribution in [0.15, 0.2) is 27.6 Å². The van der Waals surface area contributed by atoms with Crippen molar-refractivity contribution in [1.82, 2.24) is 9.21 Å². The molecule has 100 valence electrons. The van der Waals surface area contributed by atoms with E-state index in [4.69, 9.17) is 11.6 Å². The van der Waals surface area contributed by atoms with Crippen LogP contribution in [-0.2, 0) is 10.0 Å². The predicted molar refractivity (Wildman–Crippen MR) is 75.4 cm³/mol. The van der Waals surface area contributed by atoms with Gasteiger partial charge < -0.3 is 4.90 Å². The van der Waals surface area contributed by atoms with Crippen molar-refractivity contribution in [2.45, 2.75) is 4.90 Å². The lowest BCUT2D eigenvalue weighted by Gasteiger charge is -2.31. The number of nitrogens with zero attached hydrogens (tertiary/aromatic N) is 2. The van der Waals surface area contributed by atoms with Crippen LogP contribution < -0.4 is 0 Å². The Morgan fingerprint density at radius 1 is 1.22 bits per heavy atom. The third kappa shape index (κ3) is 2.88. The van der Waals surface area contributed by atoms with E-state index < -0.39 is 10.0 Å². The first kappa shape index (κ1) is 14.3. The summed E-state index contributed by atoms with van der Waals surface area (Å²) in [7, 11) is -1.48. The van der Waals surface area contributed by atoms with Crippen LogP contribution in [0.1, 0.15) is 0 Å². The fourth-order valence-electron chi connectivity index (χ4n) is 1.84. The van der Waals surface area contributed by atoms with Crippen molar-refractivity contribution in [2.75, 3.05) is 33.2 Å². The lowest BCUT2D eigenvalue weighted by molar-refractivity contribution is 0.222. The van der Waals surface area contributed by atoms with E-state index in [9.17, 15) is 8.42 Å². The van der Waals surface area contributed by atoms with Gasteiger partial charge in [-0.25, -0.2) is 8.42 Å². The van der Waals surface area contributed by atoms with Crippen molar-refractivity contribution in [3.63, 3.8) is 0 Å². The van der Waals surface area contributed by atoms with Crippen molar-refractivity contribution < 1.29 is 8.42 Å². The summed E-state index contributed by atoms with van der Waals surface area (Å²) in [5.74, 6) is 0. The molecule has 2 rings (SSSR count). The summed E-state index contributed by atoms with van der Waals surface area (Å²) in [6.07, 6.45) is 0. The van der Waals surface area contributed by atoms with E-state index in [-0.39, 0.29) is 4.90 Å². The Balaban J connectivity index is 2.33. The van der Waals surface area contributed by atoms with Crippen molar-refractivity contribution in [3.8, 4) is 0 Å². The molecule has 1 aromatic carbocycles. The van der Waals surface area contributed by atoms with Crippen LogP contribution in [0.2, 0.25) is 5.02 Å². The highest BCUT2D eigenvalue weighted by atomic mass is 79.9. The SMILES string of the molecule is CN1CCN(S(=O)(=O)c2cc(Cl)ccc2Br)CC1. The Morgan fingerprint density at radius 2 is 1.83 bits per heavy atom. The minimum Gasteiger partial charge on any atom is -0.304 e. The van der Waals surface area contributed by atoms with Gasteiger partial charge in [0.25, 0.3) is 0 Å². The topological polar surface area (TPSA) is 40.6 Å². The van der Waals surface area contributed by atoms with Gasteiger partial charge in [0.1, 0.15) is 0 Å². The highest BCUT2D eigenvalue weighted by Gasteiger charge is 2.29. The molecule has 0 N–H and O–H groups in total. The van der Waals surface area contributed by atoms with E-state index >= 15 is 0 Å². The second-order valence-electron chi connectivity index (χ2n) is 4.28. The standard InChI is InChI=1S/C11H14BrClN2O2S/c1-14-4-6-15(7-5-14)18(16,17)11-8-9(13)2-3-10(11)12/h2-3,8H,4-7H2,1H3. The fourth-order valence-corrected chi connectivity index (χ4v) is 4.45. The van der Waals surface area contributed by atoms with Gasteiger partial charge in [-0.15, -0.1) is 0 Å². The third-order valence-corrected chi connectivity index (χ3v) is 6.10. The minimum atomic E-state index is -3.46. The smallest absolute Gasteiger partial charge is 0.244 e. The van der Waals surface area contributed by atoms with Crippen LogP contribution in [0.4, 0.5) is 0 Å². The molecule has 1 aromatic rings. The van der Waals surface area contributed by atoms with E-state index in [0.717, 1.165) is 13.1 Å². The van der Waals surface area contributed by atoms with Gasteiger partial charge in [-0.2, -0.15) is 4.31 Å². The lowest BCUT2D eigenvalue weighted by Crippen LogP contribution is -2.47. The van der Waals surface area contributed by atoms with Crippen LogP contribution in [0.3, 0.4) is 0 Å². The van der Waals surface area contributed by atoms with Gasteiger partial charge in [-0.1, -0.05) is 11.6 Å². The van der Waals surface area contributed by atoms with Gasteiger partial charge in [0.05, 0.1) is 4.90 Å². The van der Waals surface area contributed by atoms with E-state index in [1.807, 2.05) is 7.05 Å². The molecule has 0 aromatic heterocycles. The Morgan fingerprint density at radius 3 is 2.44 bits per heavy atom. The maximum atomic E-state index is 12.5. The molecule has 1 saturated heterocycles. The Kier molecular flexibility index (Phi) is 4.33. The van der Waals surface area contributed by atoms with Crippen molar-refractivity contribution in [1.29, 1.82) is 0 Å². The number of sulfonamides is 1. The molecule has 1 fully saturated rings. The van der Waals surface area contributed by atoms with Crippen molar-refractivity contribution in [3.05, 3.63) is 27.7 Å². The van der Waals surface area contributed by atoms with Gasteiger partial charge in [-0.3, -0.25) is 0 Å². The highest BCUT2D eigenvalue weighted by molar-refractivity contribution is 9.10. The summed E-state index contributed by atoms with van der Waals surface area (Å²) in [5.41, 5.74) is 0. The monoisotopic (exact) mass is 352 g/mol. The summed E-state index contributed by atoms with van der Waals surface area (Å²) in [5, 5.41) is 0.422. The molecular weight excluding hydrogens is 340 g/mol. The number of rotatable bonds is 2. The van der Waals surface area contributed by atoms with Gasteiger partial charge in [0.15, 0.2) is 0 Å². The molecule has 0 amide bonds. The molecule has 0 saturated carbocycles. The number of piperazine rings is 1. The molecule has 4 nitrogen and oxygen atoms in total. The van der Waals surface area contributed by atoms with Crippen LogP contribution in [0.5, 0.6) is 0 Å². The van der Waals surface area contributed by atoms with Gasteiger partial charge in [0, 0.05) is 35.7 Å². The molecule has 1 heterocycles. The number of hydrogen-bond acceptors (Lipinski definition) is 3. The molecule has 0 bridgehead atoms. The molecule has 0 spiro atoms. The number of hydrogen-bond donors (Lipinski definition) is 0. The first-order chi connectivity index (χ1) is 8.41. The normalized spacial score (nSPS) is 19.1. The second kappa shape index (κ2) is 5.46. The molecule has 0 unspecified atom stereocenters. The molecule has 1 aliphatic heterocycles. The molecule has 18 heavy (non-hydrogen) atoms. The van der Waals surface area contributed by atoms with Crippen LogP contribution in [0, 0.1) is 0 Å². The Hall–Kier alpha value is -0.140. The molecule has 0 aliphatic carbocycles. The summed E-state index contributed by atoms with van der Waals surface area (Å²) >= 11 is 9.14. The van der Waals surface area contributed by atoms with E-state index in [1.165, 1.54) is 10.4 Å². The second-order valence-corrected chi connectivity index (χ2v) is 7.48. The average Bonchev–Trinajstić information content (AvgIpc) is 2.32. The summed E-state index contributed by atoms with van der Waals surface area (Å²) in [6.45, 7) is 2.52. The lowest BCUT2D eigenvalue weighted by atomic mass is 10.4. The third-order valence-electron chi connectivity index (χ3n) is 2.97. The number of halogens is 2. The maximum Gasteiger partial charge on any atom is 0.244 e. The quantitative estimate of drug-likeness (QED) is 0.817. The highest BCUT2D eigenvalue weighted by Crippen LogP contribution is 2.28. The summed E-state index contributed by atoms with van der Waals surface area (Å²) < 4.78 is 27.0. The number of likely N-dealkylation sites (N-methyl/N-ethyl adjacent to an activating group) is 1. The molecule has 0 atom stereocenters. The van der Waals surface area contributed by atoms with Crippen LogP contribution >= 0.6 is 27.5 Å². The zero-order valence-electron chi connectivity index (χ0n) is 9.94. The molecule has 7 heteroatoms. The summed E-state index contributed by atoms with van der Waals surface area (Å²) in [4.78, 5) is 2.35. The average molecular weight is 354 g/mol. The molecule has 0 radical (unpaired) electrons. The molecular formula is C11H14BrClN2O2S.